The van der Waals surface area contributed by atoms with Gasteiger partial charge in [-0.05, 0) is 24.1 Å². The van der Waals surface area contributed by atoms with Crippen LogP contribution in [0.25, 0.3) is 0 Å². The number of anilines is 1. The number of hydrogen-bond donors (Lipinski definition) is 2. The molecule has 7 heteroatoms. The number of rotatable bonds is 8. The molecule has 0 atom stereocenters. The van der Waals surface area contributed by atoms with Gasteiger partial charge in [0.1, 0.15) is 0 Å². The molecule has 0 aliphatic heterocycles. The number of nitro groups is 1. The van der Waals surface area contributed by atoms with Crippen molar-refractivity contribution in [3.63, 3.8) is 0 Å². The van der Waals surface area contributed by atoms with Crippen molar-refractivity contribution in [3.05, 3.63) is 70.3 Å². The van der Waals surface area contributed by atoms with Gasteiger partial charge in [0.25, 0.3) is 5.69 Å². The monoisotopic (exact) mass is 329 g/mol. The molecule has 0 spiro atoms. The molecule has 2 N–H and O–H groups in total. The first-order valence-electron chi connectivity index (χ1n) is 7.56. The predicted octanol–water partition coefficient (Wildman–Crippen LogP) is 3.32. The van der Waals surface area contributed by atoms with Gasteiger partial charge in [0.05, 0.1) is 11.5 Å². The summed E-state index contributed by atoms with van der Waals surface area (Å²) in [7, 11) is 0. The Morgan fingerprint density at radius 1 is 1.08 bits per heavy atom. The summed E-state index contributed by atoms with van der Waals surface area (Å²) in [6, 6.07) is 15.2. The van der Waals surface area contributed by atoms with Gasteiger partial charge in [-0.15, -0.1) is 0 Å². The maximum Gasteiger partial charge on any atom is 0.319 e. The number of carbonyl (C=O) groups excluding carboxylic acids is 1. The fourth-order valence-corrected chi connectivity index (χ4v) is 1.98. The SMILES string of the molecule is O=C(NCCCOCc1ccccc1)Nc1ccc([N+](=O)[O-])cc1. The zero-order chi connectivity index (χ0) is 17.2. The van der Waals surface area contributed by atoms with Crippen LogP contribution in [0.15, 0.2) is 54.6 Å². The number of non-ortho nitro benzene ring substituents is 1. The summed E-state index contributed by atoms with van der Waals surface area (Å²) in [6.45, 7) is 1.58. The van der Waals surface area contributed by atoms with Crippen molar-refractivity contribution in [2.45, 2.75) is 13.0 Å². The standard InChI is InChI=1S/C17H19N3O4/c21-17(19-15-7-9-16(10-8-15)20(22)23)18-11-4-12-24-13-14-5-2-1-3-6-14/h1-3,5-10H,4,11-13H2,(H2,18,19,21). The Balaban J connectivity index is 1.58. The van der Waals surface area contributed by atoms with Crippen molar-refractivity contribution in [2.24, 2.45) is 0 Å². The molecule has 2 aromatic carbocycles. The third kappa shape index (κ3) is 6.05. The predicted molar refractivity (Wildman–Crippen MR) is 90.8 cm³/mol. The smallest absolute Gasteiger partial charge is 0.319 e. The van der Waals surface area contributed by atoms with Crippen LogP contribution in [0, 0.1) is 10.1 Å². The maximum absolute atomic E-state index is 11.7. The first-order chi connectivity index (χ1) is 11.6. The molecule has 2 amide bonds. The fraction of sp³-hybridized carbons (Fsp3) is 0.235. The number of nitro benzene ring substituents is 1. The van der Waals surface area contributed by atoms with Crippen molar-refractivity contribution < 1.29 is 14.5 Å². The van der Waals surface area contributed by atoms with Crippen LogP contribution in [-0.2, 0) is 11.3 Å². The number of ether oxygens (including phenoxy) is 1. The van der Waals surface area contributed by atoms with Gasteiger partial charge in [0, 0.05) is 31.0 Å². The Morgan fingerprint density at radius 2 is 1.79 bits per heavy atom. The van der Waals surface area contributed by atoms with Crippen LogP contribution in [0.1, 0.15) is 12.0 Å². The molecule has 0 heterocycles. The Bertz CT molecular complexity index is 659. The van der Waals surface area contributed by atoms with E-state index in [0.717, 1.165) is 5.56 Å². The van der Waals surface area contributed by atoms with Crippen LogP contribution in [0.3, 0.4) is 0 Å². The molecule has 7 nitrogen and oxygen atoms in total. The number of nitrogens with one attached hydrogen (secondary N) is 2. The minimum Gasteiger partial charge on any atom is -0.377 e. The molecule has 0 saturated carbocycles. The molecular weight excluding hydrogens is 310 g/mol. The molecule has 126 valence electrons. The summed E-state index contributed by atoms with van der Waals surface area (Å²) >= 11 is 0. The van der Waals surface area contributed by atoms with Crippen molar-refractivity contribution in [3.8, 4) is 0 Å². The lowest BCUT2D eigenvalue weighted by atomic mass is 10.2. The molecule has 24 heavy (non-hydrogen) atoms. The van der Waals surface area contributed by atoms with E-state index in [4.69, 9.17) is 4.74 Å². The number of hydrogen-bond acceptors (Lipinski definition) is 4. The van der Waals surface area contributed by atoms with E-state index in [1.165, 1.54) is 24.3 Å². The molecule has 0 saturated heterocycles. The van der Waals surface area contributed by atoms with E-state index >= 15 is 0 Å². The number of carbonyl (C=O) groups is 1. The van der Waals surface area contributed by atoms with Gasteiger partial charge in [-0.3, -0.25) is 10.1 Å². The number of urea groups is 1. The van der Waals surface area contributed by atoms with Gasteiger partial charge in [0.2, 0.25) is 0 Å². The minimum absolute atomic E-state index is 0.0171. The van der Waals surface area contributed by atoms with Gasteiger partial charge in [-0.2, -0.15) is 0 Å². The zero-order valence-electron chi connectivity index (χ0n) is 13.1. The van der Waals surface area contributed by atoms with E-state index < -0.39 is 4.92 Å². The third-order valence-electron chi connectivity index (χ3n) is 3.20. The van der Waals surface area contributed by atoms with E-state index in [2.05, 4.69) is 10.6 Å². The van der Waals surface area contributed by atoms with Gasteiger partial charge in [-0.1, -0.05) is 30.3 Å². The van der Waals surface area contributed by atoms with Gasteiger partial charge in [0.15, 0.2) is 0 Å². The highest BCUT2D eigenvalue weighted by Crippen LogP contribution is 2.15. The second-order valence-corrected chi connectivity index (χ2v) is 5.08. The lowest BCUT2D eigenvalue weighted by molar-refractivity contribution is -0.384. The van der Waals surface area contributed by atoms with Crippen LogP contribution in [-0.4, -0.2) is 24.1 Å². The normalized spacial score (nSPS) is 10.2. The van der Waals surface area contributed by atoms with Crippen LogP contribution < -0.4 is 10.6 Å². The highest BCUT2D eigenvalue weighted by molar-refractivity contribution is 5.89. The zero-order valence-corrected chi connectivity index (χ0v) is 13.1. The van der Waals surface area contributed by atoms with Gasteiger partial charge >= 0.3 is 6.03 Å². The average Bonchev–Trinajstić information content (AvgIpc) is 2.59. The van der Waals surface area contributed by atoms with E-state index in [1.807, 2.05) is 30.3 Å². The summed E-state index contributed by atoms with van der Waals surface area (Å²) < 4.78 is 5.52. The number of benzene rings is 2. The minimum atomic E-state index is -0.487. The molecule has 2 aromatic rings. The van der Waals surface area contributed by atoms with Crippen molar-refractivity contribution in [1.29, 1.82) is 0 Å². The molecule has 0 aromatic heterocycles. The average molecular weight is 329 g/mol. The van der Waals surface area contributed by atoms with E-state index in [0.29, 0.717) is 31.9 Å². The molecule has 0 aliphatic rings. The van der Waals surface area contributed by atoms with Crippen LogP contribution in [0.2, 0.25) is 0 Å². The molecule has 0 radical (unpaired) electrons. The second kappa shape index (κ2) is 9.26. The first kappa shape index (κ1) is 17.4. The van der Waals surface area contributed by atoms with E-state index in [1.54, 1.807) is 0 Å². The summed E-state index contributed by atoms with van der Waals surface area (Å²) in [5.74, 6) is 0. The van der Waals surface area contributed by atoms with E-state index in [9.17, 15) is 14.9 Å². The molecular formula is C17H19N3O4. The number of amides is 2. The summed E-state index contributed by atoms with van der Waals surface area (Å²) in [6.07, 6.45) is 0.695. The largest absolute Gasteiger partial charge is 0.377 e. The lowest BCUT2D eigenvalue weighted by Crippen LogP contribution is -2.30. The maximum atomic E-state index is 11.7. The summed E-state index contributed by atoms with van der Waals surface area (Å²) in [4.78, 5) is 21.7. The number of nitrogens with zero attached hydrogens (tertiary/aromatic N) is 1. The highest BCUT2D eigenvalue weighted by atomic mass is 16.6. The lowest BCUT2D eigenvalue weighted by Gasteiger charge is -2.08. The van der Waals surface area contributed by atoms with Crippen LogP contribution >= 0.6 is 0 Å². The van der Waals surface area contributed by atoms with Crippen molar-refractivity contribution in [1.82, 2.24) is 5.32 Å². The second-order valence-electron chi connectivity index (χ2n) is 5.08. The van der Waals surface area contributed by atoms with Gasteiger partial charge in [-0.25, -0.2) is 4.79 Å². The third-order valence-corrected chi connectivity index (χ3v) is 3.20. The van der Waals surface area contributed by atoms with E-state index in [-0.39, 0.29) is 11.7 Å². The molecule has 0 bridgehead atoms. The molecule has 0 unspecified atom stereocenters. The fourth-order valence-electron chi connectivity index (χ4n) is 1.98. The summed E-state index contributed by atoms with van der Waals surface area (Å²) in [5, 5.41) is 15.9. The topological polar surface area (TPSA) is 93.5 Å². The Hall–Kier alpha value is -2.93. The first-order valence-corrected chi connectivity index (χ1v) is 7.56. The quantitative estimate of drug-likeness (QED) is 0.441. The van der Waals surface area contributed by atoms with Crippen molar-refractivity contribution >= 4 is 17.4 Å². The highest BCUT2D eigenvalue weighted by Gasteiger charge is 2.05. The van der Waals surface area contributed by atoms with Crippen LogP contribution in [0.4, 0.5) is 16.2 Å². The Kier molecular flexibility index (Phi) is 6.73. The Morgan fingerprint density at radius 3 is 2.46 bits per heavy atom. The summed E-state index contributed by atoms with van der Waals surface area (Å²) in [5.41, 5.74) is 1.59. The molecule has 0 fully saturated rings. The van der Waals surface area contributed by atoms with Crippen LogP contribution in [0.5, 0.6) is 0 Å². The Labute approximate surface area is 139 Å². The molecule has 0 aliphatic carbocycles. The van der Waals surface area contributed by atoms with Gasteiger partial charge < -0.3 is 15.4 Å². The van der Waals surface area contributed by atoms with Crippen molar-refractivity contribution in [2.75, 3.05) is 18.5 Å². The molecule has 2 rings (SSSR count).